The fraction of sp³-hybridized carbons (Fsp3) is 0.154. The summed E-state index contributed by atoms with van der Waals surface area (Å²) in [6.45, 7) is 2.03. The number of hydrogen-bond donors (Lipinski definition) is 1. The second-order valence-corrected chi connectivity index (χ2v) is 7.31. The van der Waals surface area contributed by atoms with Crippen molar-refractivity contribution in [1.29, 1.82) is 0 Å². The van der Waals surface area contributed by atoms with Gasteiger partial charge in [-0.15, -0.1) is 0 Å². The van der Waals surface area contributed by atoms with Crippen molar-refractivity contribution in [2.45, 2.75) is 6.92 Å². The molecule has 4 rings (SSSR count). The Kier molecular flexibility index (Phi) is 5.94. The van der Waals surface area contributed by atoms with Gasteiger partial charge in [-0.2, -0.15) is 0 Å². The monoisotopic (exact) mass is 428 g/mol. The molecule has 0 unspecified atom stereocenters. The zero-order chi connectivity index (χ0) is 22.7. The number of hydrogen-bond acceptors (Lipinski definition) is 5. The van der Waals surface area contributed by atoms with Gasteiger partial charge in [0, 0.05) is 28.8 Å². The van der Waals surface area contributed by atoms with Gasteiger partial charge in [0.15, 0.2) is 11.5 Å². The molecule has 32 heavy (non-hydrogen) atoms. The molecule has 0 bridgehead atoms. The van der Waals surface area contributed by atoms with Crippen molar-refractivity contribution in [2.75, 3.05) is 26.6 Å². The molecule has 0 saturated heterocycles. The first-order valence-corrected chi connectivity index (χ1v) is 10.1. The first-order chi connectivity index (χ1) is 15.5. The number of aromatic nitrogens is 1. The van der Waals surface area contributed by atoms with Crippen molar-refractivity contribution in [3.05, 3.63) is 77.9 Å². The Hall–Kier alpha value is -4.06. The number of pyridine rings is 1. The SMILES string of the molecule is COc1cc(NC(=O)c2cc(-c3cccc(C)c3)nc3ccccc23)cc(OC)c1OC. The highest BCUT2D eigenvalue weighted by molar-refractivity contribution is 6.13. The number of ether oxygens (including phenoxy) is 3. The lowest BCUT2D eigenvalue weighted by Gasteiger charge is -2.15. The van der Waals surface area contributed by atoms with Gasteiger partial charge in [-0.05, 0) is 25.1 Å². The largest absolute Gasteiger partial charge is 0.493 e. The number of benzene rings is 3. The maximum absolute atomic E-state index is 13.4. The normalized spacial score (nSPS) is 10.6. The average molecular weight is 428 g/mol. The van der Waals surface area contributed by atoms with E-state index in [0.29, 0.717) is 28.5 Å². The Bertz CT molecular complexity index is 1280. The van der Waals surface area contributed by atoms with Gasteiger partial charge in [0.2, 0.25) is 5.75 Å². The first-order valence-electron chi connectivity index (χ1n) is 10.1. The number of methoxy groups -OCH3 is 3. The molecular weight excluding hydrogens is 404 g/mol. The molecule has 0 aliphatic heterocycles. The van der Waals surface area contributed by atoms with E-state index in [1.165, 1.54) is 21.3 Å². The van der Waals surface area contributed by atoms with Crippen LogP contribution in [0.4, 0.5) is 5.69 Å². The van der Waals surface area contributed by atoms with Gasteiger partial charge in [-0.1, -0.05) is 42.0 Å². The number of nitrogens with zero attached hydrogens (tertiary/aromatic N) is 1. The summed E-state index contributed by atoms with van der Waals surface area (Å²) in [5.41, 5.74) is 4.63. The van der Waals surface area contributed by atoms with E-state index >= 15 is 0 Å². The molecular formula is C26H24N2O4. The summed E-state index contributed by atoms with van der Waals surface area (Å²) in [6, 6.07) is 20.9. The molecule has 6 nitrogen and oxygen atoms in total. The number of amides is 1. The Labute approximate surface area is 186 Å². The quantitative estimate of drug-likeness (QED) is 0.440. The summed E-state index contributed by atoms with van der Waals surface area (Å²) in [5, 5.41) is 3.73. The standard InChI is InChI=1S/C26H24N2O4/c1-16-8-7-9-17(12-16)22-15-20(19-10-5-6-11-21(19)28-22)26(29)27-18-13-23(30-2)25(32-4)24(14-18)31-3/h5-15H,1-4H3,(H,27,29). The topological polar surface area (TPSA) is 69.7 Å². The van der Waals surface area contributed by atoms with Crippen molar-refractivity contribution >= 4 is 22.5 Å². The van der Waals surface area contributed by atoms with Crippen LogP contribution in [0.1, 0.15) is 15.9 Å². The fourth-order valence-electron chi connectivity index (χ4n) is 3.67. The summed E-state index contributed by atoms with van der Waals surface area (Å²) in [6.07, 6.45) is 0. The molecule has 162 valence electrons. The van der Waals surface area contributed by atoms with E-state index in [1.54, 1.807) is 12.1 Å². The van der Waals surface area contributed by atoms with Crippen molar-refractivity contribution in [1.82, 2.24) is 4.98 Å². The molecule has 0 radical (unpaired) electrons. The highest BCUT2D eigenvalue weighted by Crippen LogP contribution is 2.40. The van der Waals surface area contributed by atoms with E-state index in [4.69, 9.17) is 19.2 Å². The van der Waals surface area contributed by atoms with Crippen LogP contribution in [0.25, 0.3) is 22.2 Å². The molecule has 0 aliphatic rings. The zero-order valence-corrected chi connectivity index (χ0v) is 18.4. The predicted molar refractivity (Wildman–Crippen MR) is 126 cm³/mol. The minimum atomic E-state index is -0.258. The summed E-state index contributed by atoms with van der Waals surface area (Å²) in [7, 11) is 4.61. The Balaban J connectivity index is 1.79. The first kappa shape index (κ1) is 21.2. The summed E-state index contributed by atoms with van der Waals surface area (Å²) in [4.78, 5) is 18.2. The summed E-state index contributed by atoms with van der Waals surface area (Å²) < 4.78 is 16.2. The Morgan fingerprint density at radius 3 is 2.22 bits per heavy atom. The van der Waals surface area contributed by atoms with Crippen molar-refractivity contribution in [3.63, 3.8) is 0 Å². The smallest absolute Gasteiger partial charge is 0.256 e. The van der Waals surface area contributed by atoms with Gasteiger partial charge >= 0.3 is 0 Å². The Morgan fingerprint density at radius 2 is 1.56 bits per heavy atom. The molecule has 3 aromatic carbocycles. The van der Waals surface area contributed by atoms with Gasteiger partial charge in [0.25, 0.3) is 5.91 Å². The number of carbonyl (C=O) groups excluding carboxylic acids is 1. The maximum Gasteiger partial charge on any atom is 0.256 e. The van der Waals surface area contributed by atoms with Gasteiger partial charge in [0.1, 0.15) is 0 Å². The molecule has 6 heteroatoms. The molecule has 0 fully saturated rings. The van der Waals surface area contributed by atoms with Gasteiger partial charge in [-0.25, -0.2) is 4.98 Å². The minimum Gasteiger partial charge on any atom is -0.493 e. The highest BCUT2D eigenvalue weighted by atomic mass is 16.5. The van der Waals surface area contributed by atoms with Crippen molar-refractivity contribution in [2.24, 2.45) is 0 Å². The van der Waals surface area contributed by atoms with Crippen LogP contribution in [0.5, 0.6) is 17.2 Å². The molecule has 1 aromatic heterocycles. The van der Waals surface area contributed by atoms with Crippen LogP contribution in [0, 0.1) is 6.92 Å². The van der Waals surface area contributed by atoms with E-state index < -0.39 is 0 Å². The second-order valence-electron chi connectivity index (χ2n) is 7.31. The van der Waals surface area contributed by atoms with Gasteiger partial charge in [-0.3, -0.25) is 4.79 Å². The van der Waals surface area contributed by atoms with Crippen LogP contribution >= 0.6 is 0 Å². The molecule has 1 N–H and O–H groups in total. The third-order valence-electron chi connectivity index (χ3n) is 5.20. The number of aryl methyl sites for hydroxylation is 1. The van der Waals surface area contributed by atoms with Crippen LogP contribution in [0.2, 0.25) is 0 Å². The number of carbonyl (C=O) groups is 1. The van der Waals surface area contributed by atoms with Crippen LogP contribution in [0.3, 0.4) is 0 Å². The number of rotatable bonds is 6. The molecule has 1 amide bonds. The zero-order valence-electron chi connectivity index (χ0n) is 18.4. The highest BCUT2D eigenvalue weighted by Gasteiger charge is 2.18. The summed E-state index contributed by atoms with van der Waals surface area (Å²) in [5.74, 6) is 1.13. The van der Waals surface area contributed by atoms with E-state index in [2.05, 4.69) is 11.4 Å². The van der Waals surface area contributed by atoms with Crippen LogP contribution in [-0.2, 0) is 0 Å². The lowest BCUT2D eigenvalue weighted by Crippen LogP contribution is -2.13. The van der Waals surface area contributed by atoms with Crippen LogP contribution in [0.15, 0.2) is 66.7 Å². The predicted octanol–water partition coefficient (Wildman–Crippen LogP) is 5.49. The van der Waals surface area contributed by atoms with Gasteiger partial charge < -0.3 is 19.5 Å². The molecule has 1 heterocycles. The van der Waals surface area contributed by atoms with E-state index in [9.17, 15) is 4.79 Å². The second kappa shape index (κ2) is 8.98. The summed E-state index contributed by atoms with van der Waals surface area (Å²) >= 11 is 0. The molecule has 0 aliphatic carbocycles. The number of para-hydroxylation sites is 1. The van der Waals surface area contributed by atoms with Gasteiger partial charge in [0.05, 0.1) is 38.1 Å². The lowest BCUT2D eigenvalue weighted by molar-refractivity contribution is 0.102. The fourth-order valence-corrected chi connectivity index (χ4v) is 3.67. The van der Waals surface area contributed by atoms with Crippen LogP contribution < -0.4 is 19.5 Å². The maximum atomic E-state index is 13.4. The lowest BCUT2D eigenvalue weighted by atomic mass is 10.0. The van der Waals surface area contributed by atoms with E-state index in [0.717, 1.165) is 27.7 Å². The number of anilines is 1. The van der Waals surface area contributed by atoms with Crippen LogP contribution in [-0.4, -0.2) is 32.2 Å². The molecule has 0 saturated carbocycles. The van der Waals surface area contributed by atoms with Crippen molar-refractivity contribution in [3.8, 4) is 28.5 Å². The molecule has 0 spiro atoms. The third-order valence-corrected chi connectivity index (χ3v) is 5.20. The Morgan fingerprint density at radius 1 is 0.844 bits per heavy atom. The number of nitrogens with one attached hydrogen (secondary N) is 1. The van der Waals surface area contributed by atoms with E-state index in [1.807, 2.05) is 55.5 Å². The van der Waals surface area contributed by atoms with E-state index in [-0.39, 0.29) is 5.91 Å². The number of fused-ring (bicyclic) bond motifs is 1. The average Bonchev–Trinajstić information content (AvgIpc) is 2.82. The third kappa shape index (κ3) is 4.07. The minimum absolute atomic E-state index is 0.258. The van der Waals surface area contributed by atoms with Crippen molar-refractivity contribution < 1.29 is 19.0 Å². The molecule has 0 atom stereocenters. The molecule has 4 aromatic rings.